The van der Waals surface area contributed by atoms with Gasteiger partial charge in [-0.1, -0.05) is 6.07 Å². The average molecular weight is 303 g/mol. The van der Waals surface area contributed by atoms with Gasteiger partial charge in [-0.25, -0.2) is 4.98 Å². The summed E-state index contributed by atoms with van der Waals surface area (Å²) in [5.74, 6) is 0. The molecule has 0 amide bonds. The zero-order valence-electron chi connectivity index (χ0n) is 12.4. The molecule has 0 radical (unpaired) electrons. The largest absolute Gasteiger partial charge is 0.377 e. The second-order valence-electron chi connectivity index (χ2n) is 5.48. The van der Waals surface area contributed by atoms with Crippen molar-refractivity contribution in [2.24, 2.45) is 0 Å². The summed E-state index contributed by atoms with van der Waals surface area (Å²) >= 11 is 1.71. The molecule has 2 aromatic heterocycles. The highest BCUT2D eigenvalue weighted by Gasteiger charge is 2.20. The summed E-state index contributed by atoms with van der Waals surface area (Å²) in [7, 11) is 0. The summed E-state index contributed by atoms with van der Waals surface area (Å²) in [6.45, 7) is 5.61. The van der Waals surface area contributed by atoms with E-state index in [1.54, 1.807) is 11.3 Å². The van der Waals surface area contributed by atoms with Gasteiger partial charge in [-0.15, -0.1) is 11.3 Å². The van der Waals surface area contributed by atoms with Gasteiger partial charge < -0.3 is 4.74 Å². The molecular formula is C16H21N3OS. The number of aryl methyl sites for hydroxylation is 1. The van der Waals surface area contributed by atoms with Crippen LogP contribution in [0.4, 0.5) is 0 Å². The molecule has 0 aromatic carbocycles. The van der Waals surface area contributed by atoms with Crippen LogP contribution in [0, 0.1) is 6.92 Å². The van der Waals surface area contributed by atoms with Crippen LogP contribution >= 0.6 is 11.3 Å². The molecule has 4 nitrogen and oxygen atoms in total. The second kappa shape index (κ2) is 7.11. The number of ether oxygens (including phenoxy) is 1. The van der Waals surface area contributed by atoms with E-state index in [9.17, 15) is 0 Å². The van der Waals surface area contributed by atoms with E-state index in [4.69, 9.17) is 4.74 Å². The lowest BCUT2D eigenvalue weighted by molar-refractivity contribution is 0.0671. The smallest absolute Gasteiger partial charge is 0.0897 e. The Morgan fingerprint density at radius 3 is 2.90 bits per heavy atom. The highest BCUT2D eigenvalue weighted by atomic mass is 32.1. The van der Waals surface area contributed by atoms with E-state index in [-0.39, 0.29) is 0 Å². The van der Waals surface area contributed by atoms with Crippen LogP contribution in [-0.4, -0.2) is 34.1 Å². The molecule has 112 valence electrons. The number of nitrogens with zero attached hydrogens (tertiary/aromatic N) is 3. The Morgan fingerprint density at radius 1 is 1.33 bits per heavy atom. The first-order valence-electron chi connectivity index (χ1n) is 7.44. The highest BCUT2D eigenvalue weighted by Crippen LogP contribution is 2.17. The number of rotatable bonds is 6. The minimum Gasteiger partial charge on any atom is -0.377 e. The predicted octanol–water partition coefficient (Wildman–Crippen LogP) is 3.03. The maximum Gasteiger partial charge on any atom is 0.0897 e. The minimum absolute atomic E-state index is 0.355. The maximum atomic E-state index is 5.78. The molecule has 0 saturated carbocycles. The van der Waals surface area contributed by atoms with Gasteiger partial charge in [0.1, 0.15) is 0 Å². The summed E-state index contributed by atoms with van der Waals surface area (Å²) in [4.78, 5) is 11.4. The molecule has 1 unspecified atom stereocenters. The van der Waals surface area contributed by atoms with E-state index in [1.807, 2.05) is 18.3 Å². The summed E-state index contributed by atoms with van der Waals surface area (Å²) in [5.41, 5.74) is 2.24. The van der Waals surface area contributed by atoms with E-state index in [0.717, 1.165) is 49.1 Å². The molecule has 21 heavy (non-hydrogen) atoms. The first-order chi connectivity index (χ1) is 10.3. The van der Waals surface area contributed by atoms with Gasteiger partial charge >= 0.3 is 0 Å². The molecule has 0 bridgehead atoms. The van der Waals surface area contributed by atoms with Crippen LogP contribution in [0.1, 0.15) is 29.2 Å². The fourth-order valence-corrected chi connectivity index (χ4v) is 3.30. The first-order valence-corrected chi connectivity index (χ1v) is 8.32. The summed E-state index contributed by atoms with van der Waals surface area (Å²) in [6.07, 6.45) is 4.55. The first kappa shape index (κ1) is 14.6. The van der Waals surface area contributed by atoms with Crippen molar-refractivity contribution in [2.45, 2.75) is 39.0 Å². The van der Waals surface area contributed by atoms with Gasteiger partial charge in [-0.05, 0) is 31.9 Å². The molecule has 1 aliphatic heterocycles. The van der Waals surface area contributed by atoms with Crippen molar-refractivity contribution >= 4 is 11.3 Å². The molecule has 5 heteroatoms. The zero-order valence-corrected chi connectivity index (χ0v) is 13.2. The fraction of sp³-hybridized carbons (Fsp3) is 0.500. The second-order valence-corrected chi connectivity index (χ2v) is 6.55. The Balaban J connectivity index is 1.67. The van der Waals surface area contributed by atoms with Crippen LogP contribution in [0.3, 0.4) is 0 Å². The molecule has 0 N–H and O–H groups in total. The lowest BCUT2D eigenvalue weighted by atomic mass is 10.2. The third-order valence-corrected chi connectivity index (χ3v) is 4.47. The third-order valence-electron chi connectivity index (χ3n) is 3.65. The number of aromatic nitrogens is 2. The number of hydrogen-bond acceptors (Lipinski definition) is 5. The molecule has 1 atom stereocenters. The lowest BCUT2D eigenvalue weighted by Gasteiger charge is -2.24. The topological polar surface area (TPSA) is 38.2 Å². The van der Waals surface area contributed by atoms with Crippen LogP contribution < -0.4 is 0 Å². The Morgan fingerprint density at radius 2 is 2.24 bits per heavy atom. The van der Waals surface area contributed by atoms with Gasteiger partial charge in [0, 0.05) is 37.8 Å². The number of thiazole rings is 1. The fourth-order valence-electron chi connectivity index (χ4n) is 2.69. The van der Waals surface area contributed by atoms with Gasteiger partial charge in [0.25, 0.3) is 0 Å². The number of hydrogen-bond donors (Lipinski definition) is 0. The van der Waals surface area contributed by atoms with Crippen molar-refractivity contribution < 1.29 is 4.74 Å². The van der Waals surface area contributed by atoms with Crippen molar-refractivity contribution in [3.05, 3.63) is 46.2 Å². The van der Waals surface area contributed by atoms with E-state index in [1.165, 1.54) is 6.42 Å². The highest BCUT2D eigenvalue weighted by molar-refractivity contribution is 7.09. The van der Waals surface area contributed by atoms with Crippen molar-refractivity contribution in [3.63, 3.8) is 0 Å². The molecule has 1 fully saturated rings. The van der Waals surface area contributed by atoms with E-state index in [2.05, 4.69) is 33.2 Å². The minimum atomic E-state index is 0.355. The summed E-state index contributed by atoms with van der Waals surface area (Å²) in [6, 6.07) is 6.08. The van der Waals surface area contributed by atoms with Crippen molar-refractivity contribution in [1.82, 2.24) is 14.9 Å². The Labute approximate surface area is 129 Å². The average Bonchev–Trinajstić information content (AvgIpc) is 3.12. The lowest BCUT2D eigenvalue weighted by Crippen LogP contribution is -2.31. The van der Waals surface area contributed by atoms with Gasteiger partial charge in [0.15, 0.2) is 0 Å². The predicted molar refractivity (Wildman–Crippen MR) is 84.2 cm³/mol. The molecule has 3 rings (SSSR count). The van der Waals surface area contributed by atoms with Crippen molar-refractivity contribution in [1.29, 1.82) is 0 Å². The van der Waals surface area contributed by atoms with Crippen LogP contribution in [0.2, 0.25) is 0 Å². The zero-order chi connectivity index (χ0) is 14.5. The van der Waals surface area contributed by atoms with E-state index >= 15 is 0 Å². The Kier molecular flexibility index (Phi) is 4.95. The molecule has 1 saturated heterocycles. The van der Waals surface area contributed by atoms with Gasteiger partial charge in [0.05, 0.1) is 22.5 Å². The summed E-state index contributed by atoms with van der Waals surface area (Å²) in [5, 5.41) is 3.27. The van der Waals surface area contributed by atoms with Crippen LogP contribution in [0.15, 0.2) is 29.8 Å². The Hall–Kier alpha value is -1.30. The van der Waals surface area contributed by atoms with Crippen molar-refractivity contribution in [3.8, 4) is 0 Å². The molecule has 2 aromatic rings. The molecule has 3 heterocycles. The standard InChI is InChI=1S/C16H21N3OS/c1-13-18-15(12-21-13)10-19(11-16-6-4-8-20-16)9-14-5-2-3-7-17-14/h2-3,5,7,12,16H,4,6,8-11H2,1H3. The normalized spacial score (nSPS) is 18.5. The third kappa shape index (κ3) is 4.33. The van der Waals surface area contributed by atoms with E-state index in [0.29, 0.717) is 6.10 Å². The SMILES string of the molecule is Cc1nc(CN(Cc2ccccn2)CC2CCCO2)cs1. The maximum absolute atomic E-state index is 5.78. The Bertz CT molecular complexity index is 552. The molecule has 0 aliphatic carbocycles. The number of pyridine rings is 1. The van der Waals surface area contributed by atoms with Gasteiger partial charge in [-0.2, -0.15) is 0 Å². The quantitative estimate of drug-likeness (QED) is 0.822. The van der Waals surface area contributed by atoms with Crippen LogP contribution in [0.5, 0.6) is 0 Å². The molecular weight excluding hydrogens is 282 g/mol. The molecule has 0 spiro atoms. The van der Waals surface area contributed by atoms with Gasteiger partial charge in [-0.3, -0.25) is 9.88 Å². The van der Waals surface area contributed by atoms with Crippen molar-refractivity contribution in [2.75, 3.05) is 13.2 Å². The molecule has 1 aliphatic rings. The van der Waals surface area contributed by atoms with Crippen LogP contribution in [-0.2, 0) is 17.8 Å². The van der Waals surface area contributed by atoms with Gasteiger partial charge in [0.2, 0.25) is 0 Å². The summed E-state index contributed by atoms with van der Waals surface area (Å²) < 4.78 is 5.78. The van der Waals surface area contributed by atoms with E-state index < -0.39 is 0 Å². The monoisotopic (exact) mass is 303 g/mol. The van der Waals surface area contributed by atoms with Crippen LogP contribution in [0.25, 0.3) is 0 Å².